The van der Waals surface area contributed by atoms with Crippen LogP contribution in [-0.2, 0) is 56.0 Å². The fraction of sp³-hybridized carbons (Fsp3) is 0.523. The van der Waals surface area contributed by atoms with Gasteiger partial charge in [-0.25, -0.2) is 4.79 Å². The van der Waals surface area contributed by atoms with Crippen molar-refractivity contribution in [3.05, 3.63) is 65.7 Å². The number of nitrogens with two attached hydrogens (primary N) is 4. The number of benzene rings is 2. The van der Waals surface area contributed by atoms with Gasteiger partial charge in [-0.05, 0) is 80.2 Å². The zero-order valence-electron chi connectivity index (χ0n) is 37.3. The molecule has 16 N–H and O–H groups in total. The van der Waals surface area contributed by atoms with Crippen LogP contribution in [0.25, 0.3) is 0 Å². The molecule has 8 amide bonds. The van der Waals surface area contributed by atoms with Gasteiger partial charge in [0.15, 0.2) is 0 Å². The summed E-state index contributed by atoms with van der Waals surface area (Å²) in [5, 5.41) is 34.8. The molecule has 0 saturated heterocycles. The largest absolute Gasteiger partial charge is 0.508 e. The van der Waals surface area contributed by atoms with E-state index in [-0.39, 0.29) is 37.4 Å². The van der Waals surface area contributed by atoms with Crippen LogP contribution in [0.4, 0.5) is 0 Å². The third kappa shape index (κ3) is 20.2. The number of aliphatic carboxylic acids is 1. The highest BCUT2D eigenvalue weighted by Gasteiger charge is 2.35. The zero-order chi connectivity index (χ0) is 48.8. The number of carboxylic acids is 1. The second-order valence-electron chi connectivity index (χ2n) is 16.6. The fourth-order valence-electron chi connectivity index (χ4n) is 6.60. The van der Waals surface area contributed by atoms with Gasteiger partial charge in [0.05, 0.1) is 12.5 Å². The summed E-state index contributed by atoms with van der Waals surface area (Å²) in [7, 11) is 0. The lowest BCUT2D eigenvalue weighted by molar-refractivity contribution is -0.143. The zero-order valence-corrected chi connectivity index (χ0v) is 37.3. The van der Waals surface area contributed by atoms with Gasteiger partial charge >= 0.3 is 5.97 Å². The van der Waals surface area contributed by atoms with Gasteiger partial charge < -0.3 is 65.0 Å². The number of carbonyl (C=O) groups is 9. The minimum atomic E-state index is -1.61. The predicted molar refractivity (Wildman–Crippen MR) is 239 cm³/mol. The van der Waals surface area contributed by atoms with Gasteiger partial charge in [-0.3, -0.25) is 38.4 Å². The molecule has 0 unspecified atom stereocenters. The van der Waals surface area contributed by atoms with Crippen molar-refractivity contribution >= 4 is 53.2 Å². The molecule has 0 aliphatic rings. The van der Waals surface area contributed by atoms with E-state index in [9.17, 15) is 53.4 Å². The number of primary amides is 2. The topological polar surface area (TPSA) is 370 Å². The van der Waals surface area contributed by atoms with Crippen molar-refractivity contribution in [2.45, 2.75) is 128 Å². The Morgan fingerprint density at radius 2 is 1.08 bits per heavy atom. The van der Waals surface area contributed by atoms with Crippen molar-refractivity contribution in [2.75, 3.05) is 6.54 Å². The number of unbranched alkanes of at least 4 members (excludes halogenated alkanes) is 1. The van der Waals surface area contributed by atoms with Gasteiger partial charge in [0, 0.05) is 12.8 Å². The Balaban J connectivity index is 2.42. The van der Waals surface area contributed by atoms with Crippen LogP contribution in [0.5, 0.6) is 5.75 Å². The number of aromatic hydroxyl groups is 1. The number of rotatable bonds is 29. The summed E-state index contributed by atoms with van der Waals surface area (Å²) >= 11 is 0. The monoisotopic (exact) mass is 910 g/mol. The van der Waals surface area contributed by atoms with Gasteiger partial charge in [0.25, 0.3) is 0 Å². The van der Waals surface area contributed by atoms with Crippen LogP contribution in [0.3, 0.4) is 0 Å². The summed E-state index contributed by atoms with van der Waals surface area (Å²) in [6.07, 6.45) is -0.522. The quantitative estimate of drug-likeness (QED) is 0.0413. The highest BCUT2D eigenvalue weighted by molar-refractivity contribution is 5.98. The molecular weight excluding hydrogens is 845 g/mol. The molecule has 65 heavy (non-hydrogen) atoms. The van der Waals surface area contributed by atoms with E-state index < -0.39 is 121 Å². The average molecular weight is 911 g/mol. The molecule has 0 aliphatic carbocycles. The number of nitrogens with one attached hydrogen (secondary N) is 6. The van der Waals surface area contributed by atoms with E-state index in [1.165, 1.54) is 24.3 Å². The van der Waals surface area contributed by atoms with Gasteiger partial charge in [-0.15, -0.1) is 0 Å². The summed E-state index contributed by atoms with van der Waals surface area (Å²) in [5.41, 5.74) is 23.7. The molecule has 2 aromatic rings. The van der Waals surface area contributed by atoms with Crippen LogP contribution in [0, 0.1) is 11.8 Å². The summed E-state index contributed by atoms with van der Waals surface area (Å²) < 4.78 is 0. The van der Waals surface area contributed by atoms with Crippen LogP contribution < -0.4 is 54.8 Å². The third-order valence-electron chi connectivity index (χ3n) is 10.1. The number of carboxylic acid groups (broad SMARTS) is 1. The molecule has 358 valence electrons. The minimum absolute atomic E-state index is 0.0758. The van der Waals surface area contributed by atoms with E-state index in [2.05, 4.69) is 31.9 Å². The van der Waals surface area contributed by atoms with Crippen LogP contribution >= 0.6 is 0 Å². The van der Waals surface area contributed by atoms with Crippen molar-refractivity contribution in [1.29, 1.82) is 0 Å². The van der Waals surface area contributed by atoms with Crippen molar-refractivity contribution in [1.82, 2.24) is 31.9 Å². The highest BCUT2D eigenvalue weighted by Crippen LogP contribution is 2.14. The van der Waals surface area contributed by atoms with E-state index >= 15 is 0 Å². The van der Waals surface area contributed by atoms with Gasteiger partial charge in [-0.2, -0.15) is 0 Å². The number of amides is 8. The molecule has 0 aromatic heterocycles. The number of hydrogen-bond acceptors (Lipinski definition) is 12. The van der Waals surface area contributed by atoms with E-state index in [0.29, 0.717) is 24.9 Å². The van der Waals surface area contributed by atoms with E-state index in [1.54, 1.807) is 58.0 Å². The molecule has 0 fully saturated rings. The van der Waals surface area contributed by atoms with Crippen LogP contribution in [-0.4, -0.2) is 112 Å². The van der Waals surface area contributed by atoms with Gasteiger partial charge in [0.2, 0.25) is 47.3 Å². The Hall–Kier alpha value is -6.61. The second kappa shape index (κ2) is 27.5. The van der Waals surface area contributed by atoms with Crippen molar-refractivity contribution in [3.8, 4) is 5.75 Å². The number of phenols is 1. The lowest BCUT2D eigenvalue weighted by atomic mass is 9.99. The van der Waals surface area contributed by atoms with E-state index in [0.717, 1.165) is 5.56 Å². The SMILES string of the molecule is CC(C)C[C@H](NC(=O)[C@H](CCCCN)NC(=O)[C@@H](NC(=O)[C@H](Cc1ccc(O)cc1)NC(=O)[C@H](CCC(N)=O)NC(=O)[C@H](CC(N)=O)NC(=O)[C@@H](N)Cc1ccccc1)C(C)C)C(=O)O. The maximum Gasteiger partial charge on any atom is 0.326 e. The standard InChI is InChI=1S/C44H66N10O11/c1-24(2)20-34(44(64)65)53-39(59)30(12-8-9-19-45)50-43(63)37(25(3)4)54-42(62)32(22-27-13-15-28(55)16-14-27)52-40(60)31(17-18-35(47)56)49-41(61)33(23-36(48)57)51-38(58)29(46)21-26-10-6-5-7-11-26/h5-7,10-11,13-16,24-25,29-34,37,55H,8-9,12,17-23,45-46H2,1-4H3,(H2,47,56)(H2,48,57)(H,49,61)(H,50,63)(H,51,58)(H,52,60)(H,53,59)(H,54,62)(H,64,65)/t29-,30-,31-,32-,33-,34-,37-/m0/s1. The first kappa shape index (κ1) is 54.5. The molecule has 0 spiro atoms. The summed E-state index contributed by atoms with van der Waals surface area (Å²) in [4.78, 5) is 118. The first-order valence-corrected chi connectivity index (χ1v) is 21.5. The first-order valence-electron chi connectivity index (χ1n) is 21.5. The van der Waals surface area contributed by atoms with Crippen LogP contribution in [0.15, 0.2) is 54.6 Å². The summed E-state index contributed by atoms with van der Waals surface area (Å²) in [5.74, 6) is -9.12. The normalized spacial score (nSPS) is 14.3. The third-order valence-corrected chi connectivity index (χ3v) is 10.1. The molecule has 21 nitrogen and oxygen atoms in total. The Morgan fingerprint density at radius 1 is 0.569 bits per heavy atom. The molecule has 21 heteroatoms. The second-order valence-corrected chi connectivity index (χ2v) is 16.6. The fourth-order valence-corrected chi connectivity index (χ4v) is 6.60. The molecule has 0 saturated carbocycles. The predicted octanol–water partition coefficient (Wildman–Crippen LogP) is -1.53. The maximum absolute atomic E-state index is 14.2. The lowest BCUT2D eigenvalue weighted by Gasteiger charge is -2.29. The summed E-state index contributed by atoms with van der Waals surface area (Å²) in [6, 6.07) is 4.84. The molecule has 0 heterocycles. The Kier molecular flexibility index (Phi) is 23.1. The van der Waals surface area contributed by atoms with Crippen molar-refractivity contribution in [3.63, 3.8) is 0 Å². The molecule has 0 radical (unpaired) electrons. The van der Waals surface area contributed by atoms with E-state index in [1.807, 2.05) is 0 Å². The molecule has 7 atom stereocenters. The Bertz CT molecular complexity index is 1930. The Labute approximate surface area is 378 Å². The average Bonchev–Trinajstić information content (AvgIpc) is 3.23. The number of hydrogen-bond donors (Lipinski definition) is 12. The lowest BCUT2D eigenvalue weighted by Crippen LogP contribution is -2.61. The molecule has 0 bridgehead atoms. The molecule has 0 aliphatic heterocycles. The van der Waals surface area contributed by atoms with Crippen molar-refractivity contribution in [2.24, 2.45) is 34.8 Å². The van der Waals surface area contributed by atoms with Gasteiger partial charge in [0.1, 0.15) is 42.0 Å². The van der Waals surface area contributed by atoms with Crippen LogP contribution in [0.1, 0.15) is 83.8 Å². The Morgan fingerprint density at radius 3 is 1.62 bits per heavy atom. The molecule has 2 rings (SSSR count). The molecular formula is C44H66N10O11. The smallest absolute Gasteiger partial charge is 0.326 e. The molecule has 2 aromatic carbocycles. The maximum atomic E-state index is 14.2. The summed E-state index contributed by atoms with van der Waals surface area (Å²) in [6.45, 7) is 7.13. The number of carbonyl (C=O) groups excluding carboxylic acids is 8. The minimum Gasteiger partial charge on any atom is -0.508 e. The number of phenolic OH excluding ortho intramolecular Hbond substituents is 1. The van der Waals surface area contributed by atoms with Crippen molar-refractivity contribution < 1.29 is 53.4 Å². The highest BCUT2D eigenvalue weighted by atomic mass is 16.4. The van der Waals surface area contributed by atoms with E-state index in [4.69, 9.17) is 22.9 Å². The van der Waals surface area contributed by atoms with Gasteiger partial charge in [-0.1, -0.05) is 70.2 Å². The van der Waals surface area contributed by atoms with Crippen LogP contribution in [0.2, 0.25) is 0 Å². The first-order chi connectivity index (χ1) is 30.6.